The highest BCUT2D eigenvalue weighted by Gasteiger charge is 2.26. The average Bonchev–Trinajstić information content (AvgIpc) is 3.01. The number of benzene rings is 1. The second-order valence-corrected chi connectivity index (χ2v) is 8.55. The molecule has 150 valence electrons. The number of carbonyl (C=O) groups excluding carboxylic acids is 2. The first-order valence-corrected chi connectivity index (χ1v) is 10.2. The van der Waals surface area contributed by atoms with E-state index in [2.05, 4.69) is 10.3 Å². The van der Waals surface area contributed by atoms with E-state index >= 15 is 0 Å². The van der Waals surface area contributed by atoms with Gasteiger partial charge in [0.2, 0.25) is 0 Å². The first-order valence-electron chi connectivity index (χ1n) is 9.35. The van der Waals surface area contributed by atoms with E-state index in [9.17, 15) is 9.59 Å². The number of hydrogen-bond acceptors (Lipinski definition) is 6. The summed E-state index contributed by atoms with van der Waals surface area (Å²) in [7, 11) is 0. The van der Waals surface area contributed by atoms with Crippen LogP contribution in [0.2, 0.25) is 0 Å². The number of ether oxygens (including phenoxy) is 1. The highest BCUT2D eigenvalue weighted by Crippen LogP contribution is 2.21. The lowest BCUT2D eigenvalue weighted by Crippen LogP contribution is -2.40. The Morgan fingerprint density at radius 3 is 2.61 bits per heavy atom. The Kier molecular flexibility index (Phi) is 6.18. The molecule has 0 radical (unpaired) electrons. The molecule has 0 spiro atoms. The quantitative estimate of drug-likeness (QED) is 0.841. The third kappa shape index (κ3) is 5.45. The van der Waals surface area contributed by atoms with Crippen molar-refractivity contribution in [1.82, 2.24) is 14.8 Å². The Morgan fingerprint density at radius 2 is 1.89 bits per heavy atom. The van der Waals surface area contributed by atoms with E-state index in [1.165, 1.54) is 11.3 Å². The van der Waals surface area contributed by atoms with E-state index in [4.69, 9.17) is 4.74 Å². The Labute approximate surface area is 169 Å². The average molecular weight is 403 g/mol. The predicted octanol–water partition coefficient (Wildman–Crippen LogP) is 3.97. The van der Waals surface area contributed by atoms with Gasteiger partial charge in [-0.3, -0.25) is 4.79 Å². The molecule has 0 unspecified atom stereocenters. The first kappa shape index (κ1) is 20.1. The van der Waals surface area contributed by atoms with Crippen LogP contribution < -0.4 is 5.32 Å². The van der Waals surface area contributed by atoms with Crippen LogP contribution in [0.4, 0.5) is 15.6 Å². The maximum atomic E-state index is 13.0. The van der Waals surface area contributed by atoms with E-state index in [0.29, 0.717) is 31.7 Å². The van der Waals surface area contributed by atoms with E-state index in [1.54, 1.807) is 16.0 Å². The van der Waals surface area contributed by atoms with Gasteiger partial charge in [-0.15, -0.1) is 11.3 Å². The van der Waals surface area contributed by atoms with Crippen LogP contribution >= 0.6 is 11.3 Å². The minimum atomic E-state index is -0.524. The molecule has 1 aromatic heterocycles. The molecule has 1 aliphatic rings. The number of nitrogens with one attached hydrogen (secondary N) is 1. The molecule has 3 rings (SSSR count). The lowest BCUT2D eigenvalue weighted by molar-refractivity contribution is 0.0255. The normalized spacial score (nSPS) is 15.1. The number of nitrogens with zero attached hydrogens (tertiary/aromatic N) is 3. The van der Waals surface area contributed by atoms with E-state index < -0.39 is 5.60 Å². The van der Waals surface area contributed by atoms with Gasteiger partial charge in [0.25, 0.3) is 5.91 Å². The second-order valence-electron chi connectivity index (χ2n) is 7.66. The fourth-order valence-electron chi connectivity index (χ4n) is 2.95. The molecule has 0 aliphatic carbocycles. The number of aromatic nitrogens is 1. The minimum Gasteiger partial charge on any atom is -0.444 e. The van der Waals surface area contributed by atoms with E-state index in [-0.39, 0.29) is 12.0 Å². The molecular weight excluding hydrogens is 376 g/mol. The molecule has 1 N–H and O–H groups in total. The summed E-state index contributed by atoms with van der Waals surface area (Å²) in [5.74, 6) is -0.0335. The minimum absolute atomic E-state index is 0.0335. The van der Waals surface area contributed by atoms with Gasteiger partial charge < -0.3 is 19.9 Å². The highest BCUT2D eigenvalue weighted by atomic mass is 32.1. The summed E-state index contributed by atoms with van der Waals surface area (Å²) in [4.78, 5) is 32.9. The van der Waals surface area contributed by atoms with Crippen LogP contribution in [0.3, 0.4) is 0 Å². The zero-order chi connectivity index (χ0) is 20.1. The third-order valence-electron chi connectivity index (χ3n) is 4.23. The van der Waals surface area contributed by atoms with Crippen molar-refractivity contribution in [1.29, 1.82) is 0 Å². The van der Waals surface area contributed by atoms with Gasteiger partial charge in [-0.05, 0) is 45.4 Å². The van der Waals surface area contributed by atoms with Crippen LogP contribution in [-0.4, -0.2) is 58.6 Å². The summed E-state index contributed by atoms with van der Waals surface area (Å²) in [6.45, 7) is 7.72. The lowest BCUT2D eigenvalue weighted by atomic mass is 10.1. The number of hydrogen-bond donors (Lipinski definition) is 1. The van der Waals surface area contributed by atoms with Gasteiger partial charge in [-0.1, -0.05) is 6.07 Å². The van der Waals surface area contributed by atoms with Gasteiger partial charge in [-0.2, -0.15) is 0 Å². The van der Waals surface area contributed by atoms with Gasteiger partial charge in [-0.25, -0.2) is 9.78 Å². The van der Waals surface area contributed by atoms with Crippen LogP contribution in [0.1, 0.15) is 37.6 Å². The van der Waals surface area contributed by atoms with Crippen LogP contribution in [0.15, 0.2) is 35.8 Å². The summed E-state index contributed by atoms with van der Waals surface area (Å²) in [5.41, 5.74) is 0.919. The molecule has 28 heavy (non-hydrogen) atoms. The smallest absolute Gasteiger partial charge is 0.410 e. The maximum absolute atomic E-state index is 13.0. The standard InChI is InChI=1S/C20H26N4O3S/c1-20(2,3)27-19(26)24-10-5-9-23(11-12-24)17(25)15-6-4-7-16(14-15)22-18-21-8-13-28-18/h4,6-8,13-14H,5,9-12H2,1-3H3,(H,21,22). The molecule has 2 heterocycles. The van der Waals surface area contributed by atoms with Crippen LogP contribution in [-0.2, 0) is 4.74 Å². The number of carbonyl (C=O) groups is 2. The number of anilines is 2. The first-order chi connectivity index (χ1) is 13.3. The number of rotatable bonds is 3. The van der Waals surface area contributed by atoms with Crippen LogP contribution in [0.5, 0.6) is 0 Å². The summed E-state index contributed by atoms with van der Waals surface area (Å²) >= 11 is 1.50. The molecule has 2 amide bonds. The summed E-state index contributed by atoms with van der Waals surface area (Å²) in [6.07, 6.45) is 2.13. The van der Waals surface area contributed by atoms with E-state index in [0.717, 1.165) is 17.2 Å². The van der Waals surface area contributed by atoms with Crippen molar-refractivity contribution in [2.75, 3.05) is 31.5 Å². The fraction of sp³-hybridized carbons (Fsp3) is 0.450. The molecule has 0 atom stereocenters. The summed E-state index contributed by atoms with van der Waals surface area (Å²) in [6, 6.07) is 7.41. The zero-order valence-corrected chi connectivity index (χ0v) is 17.3. The van der Waals surface area contributed by atoms with Gasteiger partial charge in [0.15, 0.2) is 5.13 Å². The molecule has 1 aromatic carbocycles. The van der Waals surface area contributed by atoms with Gasteiger partial charge in [0, 0.05) is 49.0 Å². The maximum Gasteiger partial charge on any atom is 0.410 e. The van der Waals surface area contributed by atoms with Crippen molar-refractivity contribution in [2.24, 2.45) is 0 Å². The Bertz CT molecular complexity index is 817. The van der Waals surface area contributed by atoms with Crippen molar-refractivity contribution in [2.45, 2.75) is 32.8 Å². The monoisotopic (exact) mass is 402 g/mol. The van der Waals surface area contributed by atoms with Gasteiger partial charge >= 0.3 is 6.09 Å². The Morgan fingerprint density at radius 1 is 1.14 bits per heavy atom. The van der Waals surface area contributed by atoms with Crippen LogP contribution in [0, 0.1) is 0 Å². The van der Waals surface area contributed by atoms with Gasteiger partial charge in [0.1, 0.15) is 5.60 Å². The molecular formula is C20H26N4O3S. The summed E-state index contributed by atoms with van der Waals surface area (Å²) < 4.78 is 5.45. The van der Waals surface area contributed by atoms with Crippen molar-refractivity contribution in [3.8, 4) is 0 Å². The predicted molar refractivity (Wildman–Crippen MR) is 110 cm³/mol. The fourth-order valence-corrected chi connectivity index (χ4v) is 3.50. The van der Waals surface area contributed by atoms with Gasteiger partial charge in [0.05, 0.1) is 0 Å². The largest absolute Gasteiger partial charge is 0.444 e. The molecule has 1 saturated heterocycles. The molecule has 2 aromatic rings. The molecule has 1 fully saturated rings. The molecule has 7 nitrogen and oxygen atoms in total. The highest BCUT2D eigenvalue weighted by molar-refractivity contribution is 7.13. The zero-order valence-electron chi connectivity index (χ0n) is 16.5. The lowest BCUT2D eigenvalue weighted by Gasteiger charge is -2.26. The third-order valence-corrected chi connectivity index (χ3v) is 4.92. The molecule has 0 bridgehead atoms. The second kappa shape index (κ2) is 8.60. The van der Waals surface area contributed by atoms with Crippen molar-refractivity contribution >= 4 is 34.2 Å². The SMILES string of the molecule is CC(C)(C)OC(=O)N1CCCN(C(=O)c2cccc(Nc3nccs3)c2)CC1. The van der Waals surface area contributed by atoms with Crippen molar-refractivity contribution < 1.29 is 14.3 Å². The van der Waals surface area contributed by atoms with Crippen molar-refractivity contribution in [3.05, 3.63) is 41.4 Å². The van der Waals surface area contributed by atoms with Crippen molar-refractivity contribution in [3.63, 3.8) is 0 Å². The van der Waals surface area contributed by atoms with Crippen LogP contribution in [0.25, 0.3) is 0 Å². The molecule has 8 heteroatoms. The number of amides is 2. The summed E-state index contributed by atoms with van der Waals surface area (Å²) in [5, 5.41) is 5.88. The Hall–Kier alpha value is -2.61. The van der Waals surface area contributed by atoms with E-state index in [1.807, 2.05) is 50.4 Å². The molecule has 0 saturated carbocycles. The Balaban J connectivity index is 1.62. The topological polar surface area (TPSA) is 74.8 Å². The molecule has 1 aliphatic heterocycles. The number of thiazole rings is 1.